The molecule has 0 spiro atoms. The van der Waals surface area contributed by atoms with Gasteiger partial charge in [-0.3, -0.25) is 38.4 Å². The SMILES string of the molecule is CCCCCCCCCC[C@@H](CC(=O)O[C@H]1CN(C)[C@@H]([C@@H](O[C@@H]2O[C@@H](CN)[C@H](O)[C@H]2O)[C@@H]2O[C@H](n3ccc(=O)[nH]c3=O)[C@H](O)[C@H]2O)C(=O)N(C)[C@H]1C(=O)O)OC(=O)C[C@@H](C)CC(=O)O. The quantitative estimate of drug-likeness (QED) is 0.0428. The van der Waals surface area contributed by atoms with E-state index >= 15 is 0 Å². The Kier molecular flexibility index (Phi) is 19.8. The molecule has 1 amide bonds. The van der Waals surface area contributed by atoms with E-state index in [9.17, 15) is 59.1 Å². The number of carbonyl (C=O) groups is 5. The second-order valence-corrected chi connectivity index (χ2v) is 17.0. The summed E-state index contributed by atoms with van der Waals surface area (Å²) < 4.78 is 30.0. The van der Waals surface area contributed by atoms with Gasteiger partial charge in [0.05, 0.1) is 6.42 Å². The van der Waals surface area contributed by atoms with Crippen molar-refractivity contribution in [2.75, 3.05) is 27.2 Å². The first-order chi connectivity index (χ1) is 30.3. The molecule has 1 aromatic heterocycles. The van der Waals surface area contributed by atoms with E-state index in [0.717, 1.165) is 73.7 Å². The summed E-state index contributed by atoms with van der Waals surface area (Å²) in [6.07, 6.45) is -9.91. The Balaban J connectivity index is 1.61. The molecular weight excluding hydrogens is 850 g/mol. The first-order valence-electron chi connectivity index (χ1n) is 21.8. The van der Waals surface area contributed by atoms with Gasteiger partial charge in [0.2, 0.25) is 5.91 Å². The van der Waals surface area contributed by atoms with Gasteiger partial charge in [0.25, 0.3) is 5.56 Å². The molecule has 3 saturated heterocycles. The third-order valence-corrected chi connectivity index (χ3v) is 11.8. The van der Waals surface area contributed by atoms with E-state index in [-0.39, 0.29) is 25.8 Å². The lowest BCUT2D eigenvalue weighted by atomic mass is 9.97. The number of carbonyl (C=O) groups excluding carboxylic acids is 3. The maximum Gasteiger partial charge on any atom is 0.330 e. The van der Waals surface area contributed by atoms with Gasteiger partial charge in [-0.25, -0.2) is 9.59 Å². The van der Waals surface area contributed by atoms with Crippen LogP contribution in [0.15, 0.2) is 21.9 Å². The number of nitrogens with two attached hydrogens (primary N) is 1. The average molecular weight is 916 g/mol. The highest BCUT2D eigenvalue weighted by Gasteiger charge is 2.57. The third kappa shape index (κ3) is 13.6. The molecule has 4 rings (SSSR count). The molecule has 9 N–H and O–H groups in total. The number of unbranched alkanes of at least 4 members (excludes halogenated alkanes) is 7. The predicted molar refractivity (Wildman–Crippen MR) is 220 cm³/mol. The Morgan fingerprint density at radius 3 is 2.12 bits per heavy atom. The van der Waals surface area contributed by atoms with E-state index in [0.29, 0.717) is 6.42 Å². The number of rotatable bonds is 24. The molecule has 362 valence electrons. The number of hydrogen-bond donors (Lipinski definition) is 8. The minimum Gasteiger partial charge on any atom is -0.481 e. The number of esters is 2. The zero-order valence-electron chi connectivity index (χ0n) is 36.6. The lowest BCUT2D eigenvalue weighted by Gasteiger charge is -2.38. The molecule has 14 atom stereocenters. The number of nitrogens with one attached hydrogen (secondary N) is 1. The summed E-state index contributed by atoms with van der Waals surface area (Å²) in [4.78, 5) is 93.8. The van der Waals surface area contributed by atoms with Crippen LogP contribution in [0.25, 0.3) is 0 Å². The summed E-state index contributed by atoms with van der Waals surface area (Å²) >= 11 is 0. The van der Waals surface area contributed by atoms with Crippen molar-refractivity contribution >= 4 is 29.8 Å². The van der Waals surface area contributed by atoms with E-state index in [1.165, 1.54) is 11.9 Å². The average Bonchev–Trinajstić information content (AvgIpc) is 3.62. The predicted octanol–water partition coefficient (Wildman–Crippen LogP) is -1.58. The van der Waals surface area contributed by atoms with Crippen molar-refractivity contribution in [1.29, 1.82) is 0 Å². The number of likely N-dealkylation sites (N-methyl/N-ethyl adjacent to an activating group) is 2. The number of aromatic nitrogens is 2. The fourth-order valence-electron chi connectivity index (χ4n) is 8.42. The molecule has 64 heavy (non-hydrogen) atoms. The standard InChI is InChI=1S/C41H65N5O18/c1-5-6-7-8-9-10-11-12-13-22(60-27(50)17-21(2)16-26(48)49)18-28(51)61-24-20-44(3)30(37(56)45(4)29(24)39(57)58)35(64-40-34(55)31(52)23(19-42)62-40)36-32(53)33(54)38(63-36)46-15-14-25(47)43-41(46)59/h14-15,21-24,29-36,38,40,52-55H,5-13,16-20,42H2,1-4H3,(H,48,49)(H,57,58)(H,43,47,59)/t21-,22-,23-,24-,29+,30-,31-,32+,33+,34+,35+,36+,38-,40-/m0/s1. The number of aliphatic carboxylic acids is 2. The van der Waals surface area contributed by atoms with Crippen LogP contribution in [-0.4, -0.2) is 180 Å². The molecule has 0 aromatic carbocycles. The first kappa shape index (κ1) is 52.3. The molecule has 0 aliphatic carbocycles. The van der Waals surface area contributed by atoms with Crippen LogP contribution in [-0.2, 0) is 47.7 Å². The summed E-state index contributed by atoms with van der Waals surface area (Å²) in [5.41, 5.74) is 3.90. The lowest BCUT2D eigenvalue weighted by Crippen LogP contribution is -2.59. The summed E-state index contributed by atoms with van der Waals surface area (Å²) in [7, 11) is 2.46. The van der Waals surface area contributed by atoms with Gasteiger partial charge in [0.1, 0.15) is 61.0 Å². The zero-order valence-corrected chi connectivity index (χ0v) is 36.6. The van der Waals surface area contributed by atoms with Gasteiger partial charge in [-0.15, -0.1) is 0 Å². The minimum atomic E-state index is -1.95. The number of hydrogen-bond acceptors (Lipinski definition) is 18. The van der Waals surface area contributed by atoms with Crippen LogP contribution in [0.5, 0.6) is 0 Å². The molecule has 3 fully saturated rings. The van der Waals surface area contributed by atoms with Crippen LogP contribution >= 0.6 is 0 Å². The van der Waals surface area contributed by atoms with Gasteiger partial charge in [-0.2, -0.15) is 0 Å². The van der Waals surface area contributed by atoms with Gasteiger partial charge in [0, 0.05) is 45.2 Å². The van der Waals surface area contributed by atoms with E-state index in [1.807, 2.05) is 4.98 Å². The van der Waals surface area contributed by atoms with Crippen molar-refractivity contribution in [2.45, 2.75) is 170 Å². The molecule has 3 aliphatic heterocycles. The van der Waals surface area contributed by atoms with Crippen LogP contribution in [0.3, 0.4) is 0 Å². The van der Waals surface area contributed by atoms with Crippen LogP contribution < -0.4 is 17.0 Å². The number of carboxylic acids is 2. The summed E-state index contributed by atoms with van der Waals surface area (Å²) in [6, 6.07) is -2.56. The van der Waals surface area contributed by atoms with Crippen LogP contribution in [0.1, 0.15) is 97.1 Å². The molecule has 23 nitrogen and oxygen atoms in total. The fraction of sp³-hybridized carbons (Fsp3) is 0.780. The van der Waals surface area contributed by atoms with E-state index in [1.54, 1.807) is 6.92 Å². The highest BCUT2D eigenvalue weighted by Crippen LogP contribution is 2.36. The highest BCUT2D eigenvalue weighted by atomic mass is 16.7. The third-order valence-electron chi connectivity index (χ3n) is 11.8. The largest absolute Gasteiger partial charge is 0.481 e. The van der Waals surface area contributed by atoms with Gasteiger partial charge in [-0.1, -0.05) is 58.8 Å². The molecule has 0 saturated carbocycles. The maximum absolute atomic E-state index is 14.5. The monoisotopic (exact) mass is 915 g/mol. The summed E-state index contributed by atoms with van der Waals surface area (Å²) in [5, 5.41) is 63.7. The highest BCUT2D eigenvalue weighted by molar-refractivity contribution is 5.88. The summed E-state index contributed by atoms with van der Waals surface area (Å²) in [6.45, 7) is 2.93. The van der Waals surface area contributed by atoms with E-state index in [4.69, 9.17) is 34.5 Å². The molecule has 0 unspecified atom stereocenters. The number of aliphatic hydroxyl groups is 4. The number of amides is 1. The van der Waals surface area contributed by atoms with Crippen molar-refractivity contribution in [1.82, 2.24) is 19.4 Å². The molecule has 0 bridgehead atoms. The topological polar surface area (TPSA) is 340 Å². The Morgan fingerprint density at radius 2 is 1.53 bits per heavy atom. The van der Waals surface area contributed by atoms with Crippen LogP contribution in [0.2, 0.25) is 0 Å². The number of nitrogens with zero attached hydrogens (tertiary/aromatic N) is 3. The number of aromatic amines is 1. The Labute approximate surface area is 369 Å². The van der Waals surface area contributed by atoms with Crippen LogP contribution in [0, 0.1) is 5.92 Å². The Bertz CT molecular complexity index is 1850. The first-order valence-corrected chi connectivity index (χ1v) is 21.8. The maximum atomic E-state index is 14.5. The smallest absolute Gasteiger partial charge is 0.330 e. The normalized spacial score (nSPS) is 30.1. The molecule has 1 aromatic rings. The van der Waals surface area contributed by atoms with Gasteiger partial charge >= 0.3 is 29.6 Å². The van der Waals surface area contributed by atoms with Crippen molar-refractivity contribution in [2.24, 2.45) is 11.7 Å². The molecule has 4 heterocycles. The molecule has 23 heteroatoms. The number of carboxylic acid groups (broad SMARTS) is 2. The van der Waals surface area contributed by atoms with Crippen molar-refractivity contribution in [3.8, 4) is 0 Å². The van der Waals surface area contributed by atoms with Gasteiger partial charge in [0.15, 0.2) is 18.6 Å². The van der Waals surface area contributed by atoms with Crippen LogP contribution in [0.4, 0.5) is 0 Å². The molecule has 3 aliphatic rings. The summed E-state index contributed by atoms with van der Waals surface area (Å²) in [5.74, 6) is -5.91. The molecular formula is C41H65N5O18. The fourth-order valence-corrected chi connectivity index (χ4v) is 8.42. The van der Waals surface area contributed by atoms with Crippen molar-refractivity contribution < 1.29 is 78.3 Å². The van der Waals surface area contributed by atoms with Gasteiger partial charge < -0.3 is 65.0 Å². The Hall–Kier alpha value is -4.33. The number of aliphatic hydroxyl groups excluding tert-OH is 4. The minimum absolute atomic E-state index is 0.227. The number of H-pyrrole nitrogens is 1. The molecule has 0 radical (unpaired) electrons. The van der Waals surface area contributed by atoms with Crippen molar-refractivity contribution in [3.05, 3.63) is 33.1 Å². The second-order valence-electron chi connectivity index (χ2n) is 17.0. The number of ether oxygens (including phenoxy) is 5. The van der Waals surface area contributed by atoms with Crippen molar-refractivity contribution in [3.63, 3.8) is 0 Å². The zero-order chi connectivity index (χ0) is 47.4. The Morgan fingerprint density at radius 1 is 0.875 bits per heavy atom. The van der Waals surface area contributed by atoms with E-state index in [2.05, 4.69) is 6.92 Å². The lowest BCUT2D eigenvalue weighted by molar-refractivity contribution is -0.233. The second kappa shape index (κ2) is 24.3. The van der Waals surface area contributed by atoms with Gasteiger partial charge in [-0.05, 0) is 25.8 Å². The van der Waals surface area contributed by atoms with E-state index < -0.39 is 139 Å².